The second-order valence-corrected chi connectivity index (χ2v) is 5.72. The first kappa shape index (κ1) is 22.3. The van der Waals surface area contributed by atoms with Crippen LogP contribution in [0.3, 0.4) is 0 Å². The number of rotatable bonds is 8. The fourth-order valence-corrected chi connectivity index (χ4v) is 1.89. The van der Waals surface area contributed by atoms with Crippen LogP contribution in [0.5, 0.6) is 11.5 Å². The van der Waals surface area contributed by atoms with Gasteiger partial charge in [-0.1, -0.05) is 5.16 Å². The van der Waals surface area contributed by atoms with E-state index in [1.54, 1.807) is 0 Å². The van der Waals surface area contributed by atoms with E-state index in [9.17, 15) is 35.5 Å². The predicted octanol–water partition coefficient (Wildman–Crippen LogP) is 4.46. The average molecular weight is 430 g/mol. The molecule has 0 bridgehead atoms. The minimum atomic E-state index is -4.71. The molecule has 0 spiro atoms. The number of hydrogen-bond donors (Lipinski definition) is 1. The molecule has 1 heterocycles. The Morgan fingerprint density at radius 1 is 1.07 bits per heavy atom. The Hall–Kier alpha value is -2.99. The third kappa shape index (κ3) is 6.84. The van der Waals surface area contributed by atoms with E-state index in [2.05, 4.69) is 19.9 Å². The highest BCUT2D eigenvalue weighted by molar-refractivity contribution is 6.03. The summed E-state index contributed by atoms with van der Waals surface area (Å²) < 4.78 is 101. The van der Waals surface area contributed by atoms with Crippen LogP contribution >= 0.6 is 0 Å². The summed E-state index contributed by atoms with van der Waals surface area (Å²) in [5.41, 5.74) is -0.387. The van der Waals surface area contributed by atoms with Crippen LogP contribution in [0.25, 0.3) is 0 Å². The van der Waals surface area contributed by atoms with E-state index < -0.39 is 49.1 Å². The van der Waals surface area contributed by atoms with Crippen LogP contribution in [0.4, 0.5) is 36.4 Å². The molecule has 0 unspecified atom stereocenters. The molecule has 160 valence electrons. The molecule has 1 aromatic heterocycles. The average Bonchev–Trinajstić information content (AvgIpc) is 3.04. The first-order valence-corrected chi connectivity index (χ1v) is 7.74. The molecule has 2 aromatic rings. The lowest BCUT2D eigenvalue weighted by molar-refractivity contribution is -0.153. The summed E-state index contributed by atoms with van der Waals surface area (Å²) in [7, 11) is 0. The molecule has 1 N–H and O–H groups in total. The fourth-order valence-electron chi connectivity index (χ4n) is 1.89. The van der Waals surface area contributed by atoms with Crippen molar-refractivity contribution in [2.75, 3.05) is 18.5 Å². The normalized spacial score (nSPS) is 12.2. The number of hydrogen-bond acceptors (Lipinski definition) is 5. The number of anilines is 1. The zero-order valence-electron chi connectivity index (χ0n) is 14.5. The van der Waals surface area contributed by atoms with Gasteiger partial charge in [0.1, 0.15) is 17.3 Å². The van der Waals surface area contributed by atoms with Crippen molar-refractivity contribution in [3.8, 4) is 11.5 Å². The number of aryl methyl sites for hydroxylation is 1. The number of benzene rings is 1. The number of halogens is 7. The minimum absolute atomic E-state index is 0.171. The molecule has 0 atom stereocenters. The van der Waals surface area contributed by atoms with Crippen LogP contribution in [0.1, 0.15) is 16.2 Å². The van der Waals surface area contributed by atoms with Gasteiger partial charge in [-0.2, -0.15) is 22.0 Å². The number of nitrogens with one attached hydrogen (secondary N) is 1. The monoisotopic (exact) mass is 430 g/mol. The molecule has 0 saturated carbocycles. The molecule has 29 heavy (non-hydrogen) atoms. The van der Waals surface area contributed by atoms with Crippen LogP contribution in [0.15, 0.2) is 28.8 Å². The van der Waals surface area contributed by atoms with Gasteiger partial charge in [0.2, 0.25) is 0 Å². The van der Waals surface area contributed by atoms with Crippen LogP contribution in [-0.2, 0) is 0 Å². The Labute approximate surface area is 158 Å². The van der Waals surface area contributed by atoms with Crippen LogP contribution in [-0.4, -0.2) is 42.8 Å². The number of ether oxygens (including phenoxy) is 2. The first-order valence-electron chi connectivity index (χ1n) is 7.74. The van der Waals surface area contributed by atoms with Crippen molar-refractivity contribution < 1.29 is 49.5 Å². The van der Waals surface area contributed by atoms with E-state index in [1.807, 2.05) is 0 Å². The van der Waals surface area contributed by atoms with Gasteiger partial charge in [-0.15, -0.1) is 0 Å². The lowest BCUT2D eigenvalue weighted by atomic mass is 10.2. The zero-order valence-corrected chi connectivity index (χ0v) is 14.5. The Balaban J connectivity index is 2.22. The maximum absolute atomic E-state index is 13.0. The van der Waals surface area contributed by atoms with Gasteiger partial charge in [0, 0.05) is 30.0 Å². The molecule has 13 heteroatoms. The summed E-state index contributed by atoms with van der Waals surface area (Å²) in [5, 5.41) is 5.66. The highest BCUT2D eigenvalue weighted by Gasteiger charge is 2.41. The number of carbonyl (C=O) groups excluding carboxylic acids is 1. The van der Waals surface area contributed by atoms with Gasteiger partial charge >= 0.3 is 18.5 Å². The number of amides is 1. The maximum atomic E-state index is 13.0. The van der Waals surface area contributed by atoms with Crippen LogP contribution in [0, 0.1) is 6.92 Å². The summed E-state index contributed by atoms with van der Waals surface area (Å²) >= 11 is 0. The molecular formula is C16H13F7N2O4. The lowest BCUT2D eigenvalue weighted by Gasteiger charge is -2.17. The molecule has 0 aliphatic carbocycles. The van der Waals surface area contributed by atoms with E-state index in [-0.39, 0.29) is 11.4 Å². The fraction of sp³-hybridized carbons (Fsp3) is 0.375. The largest absolute Gasteiger partial charge is 0.487 e. The molecule has 0 radical (unpaired) electrons. The van der Waals surface area contributed by atoms with Gasteiger partial charge in [0.05, 0.1) is 0 Å². The smallest absolute Gasteiger partial charge is 0.422 e. The number of nitrogens with zero attached hydrogens (tertiary/aromatic N) is 1. The van der Waals surface area contributed by atoms with Gasteiger partial charge in [0.25, 0.3) is 5.91 Å². The van der Waals surface area contributed by atoms with E-state index in [0.29, 0.717) is 5.76 Å². The van der Waals surface area contributed by atoms with E-state index in [0.717, 1.165) is 18.2 Å². The third-order valence-electron chi connectivity index (χ3n) is 3.15. The summed E-state index contributed by atoms with van der Waals surface area (Å²) in [6.45, 7) is -1.96. The Morgan fingerprint density at radius 2 is 1.66 bits per heavy atom. The van der Waals surface area contributed by atoms with Crippen molar-refractivity contribution in [1.29, 1.82) is 0 Å². The SMILES string of the molecule is Cc1cc(C(=O)Nc2cc(OCC(F)(F)F)cc(OCC(F)(F)C(F)F)c2)no1. The summed E-state index contributed by atoms with van der Waals surface area (Å²) in [5.74, 6) is -6.07. The predicted molar refractivity (Wildman–Crippen MR) is 83.6 cm³/mol. The first-order chi connectivity index (χ1) is 13.4. The standard InChI is InChI=1S/C16H13F7N2O4/c1-8-2-12(25-29-8)13(26)24-9-3-10(27-6-15(19,20)14(17)18)5-11(4-9)28-7-16(21,22)23/h2-5,14H,6-7H2,1H3,(H,24,26). The third-order valence-corrected chi connectivity index (χ3v) is 3.15. The van der Waals surface area contributed by atoms with Gasteiger partial charge in [0.15, 0.2) is 18.9 Å². The number of aromatic nitrogens is 1. The molecule has 0 saturated heterocycles. The van der Waals surface area contributed by atoms with Crippen molar-refractivity contribution in [3.63, 3.8) is 0 Å². The summed E-state index contributed by atoms with van der Waals surface area (Å²) in [6.07, 6.45) is -8.72. The van der Waals surface area contributed by atoms with E-state index in [1.165, 1.54) is 13.0 Å². The van der Waals surface area contributed by atoms with Crippen LogP contribution < -0.4 is 14.8 Å². The van der Waals surface area contributed by atoms with Crippen molar-refractivity contribution in [2.24, 2.45) is 0 Å². The van der Waals surface area contributed by atoms with Crippen molar-refractivity contribution in [3.05, 3.63) is 35.7 Å². The highest BCUT2D eigenvalue weighted by atomic mass is 19.4. The van der Waals surface area contributed by atoms with Crippen molar-refractivity contribution >= 4 is 11.6 Å². The van der Waals surface area contributed by atoms with Gasteiger partial charge in [-0.3, -0.25) is 4.79 Å². The maximum Gasteiger partial charge on any atom is 0.422 e. The van der Waals surface area contributed by atoms with Gasteiger partial charge in [-0.05, 0) is 6.92 Å². The van der Waals surface area contributed by atoms with E-state index >= 15 is 0 Å². The zero-order chi connectivity index (χ0) is 21.8. The van der Waals surface area contributed by atoms with Crippen molar-refractivity contribution in [2.45, 2.75) is 25.4 Å². The molecule has 0 fully saturated rings. The summed E-state index contributed by atoms with van der Waals surface area (Å²) in [4.78, 5) is 12.1. The number of alkyl halides is 7. The number of carbonyl (C=O) groups is 1. The Kier molecular flexibility index (Phi) is 6.59. The van der Waals surface area contributed by atoms with Crippen molar-refractivity contribution in [1.82, 2.24) is 5.16 Å². The molecular weight excluding hydrogens is 417 g/mol. The Bertz CT molecular complexity index is 852. The summed E-state index contributed by atoms with van der Waals surface area (Å²) in [6, 6.07) is 3.94. The quantitative estimate of drug-likeness (QED) is 0.627. The molecule has 0 aliphatic rings. The highest BCUT2D eigenvalue weighted by Crippen LogP contribution is 2.30. The van der Waals surface area contributed by atoms with E-state index in [4.69, 9.17) is 4.52 Å². The lowest BCUT2D eigenvalue weighted by Crippen LogP contribution is -2.33. The van der Waals surface area contributed by atoms with Gasteiger partial charge in [-0.25, -0.2) is 8.78 Å². The Morgan fingerprint density at radius 3 is 2.14 bits per heavy atom. The van der Waals surface area contributed by atoms with Crippen LogP contribution in [0.2, 0.25) is 0 Å². The molecule has 0 aliphatic heterocycles. The topological polar surface area (TPSA) is 73.6 Å². The molecule has 2 rings (SSSR count). The molecule has 1 aromatic carbocycles. The second-order valence-electron chi connectivity index (χ2n) is 5.72. The minimum Gasteiger partial charge on any atom is -0.487 e. The van der Waals surface area contributed by atoms with Gasteiger partial charge < -0.3 is 19.3 Å². The molecule has 6 nitrogen and oxygen atoms in total. The molecule has 1 amide bonds. The second kappa shape index (κ2) is 8.57.